The highest BCUT2D eigenvalue weighted by atomic mass is 35.5. The number of halogens is 1. The fourth-order valence-corrected chi connectivity index (χ4v) is 1.71. The van der Waals surface area contributed by atoms with E-state index in [1.165, 1.54) is 0 Å². The average Bonchev–Trinajstić information content (AvgIpc) is 2.38. The molecular weight excluding hydrogens is 262 g/mol. The summed E-state index contributed by atoms with van der Waals surface area (Å²) in [6, 6.07) is 14.7. The fraction of sp³-hybridized carbons (Fsp3) is 0.200. The van der Waals surface area contributed by atoms with Crippen molar-refractivity contribution < 1.29 is 9.47 Å². The Hall–Kier alpha value is -1.71. The van der Waals surface area contributed by atoms with Crippen LogP contribution in [-0.2, 0) is 0 Å². The summed E-state index contributed by atoms with van der Waals surface area (Å²) in [5.41, 5.74) is 5.68. The van der Waals surface area contributed by atoms with Crippen molar-refractivity contribution in [3.8, 4) is 17.2 Å². The van der Waals surface area contributed by atoms with Crippen molar-refractivity contribution in [3.63, 3.8) is 0 Å². The number of para-hydroxylation sites is 2. The molecule has 0 saturated heterocycles. The van der Waals surface area contributed by atoms with Crippen LogP contribution >= 0.6 is 11.6 Å². The van der Waals surface area contributed by atoms with Crippen molar-refractivity contribution in [1.29, 1.82) is 0 Å². The Kier molecular flexibility index (Phi) is 4.66. The molecular formula is C15H16ClNO2. The Labute approximate surface area is 117 Å². The molecule has 0 aliphatic carbocycles. The Morgan fingerprint density at radius 2 is 1.84 bits per heavy atom. The largest absolute Gasteiger partial charge is 0.488 e. The summed E-state index contributed by atoms with van der Waals surface area (Å²) in [5.74, 6) is 1.98. The molecule has 0 saturated carbocycles. The van der Waals surface area contributed by atoms with E-state index in [0.717, 1.165) is 0 Å². The second-order valence-electron chi connectivity index (χ2n) is 4.29. The van der Waals surface area contributed by atoms with Crippen LogP contribution in [0.1, 0.15) is 6.92 Å². The number of hydrogen-bond donors (Lipinski definition) is 1. The number of hydrogen-bond acceptors (Lipinski definition) is 3. The van der Waals surface area contributed by atoms with Gasteiger partial charge in [-0.15, -0.1) is 0 Å². The van der Waals surface area contributed by atoms with Gasteiger partial charge in [-0.25, -0.2) is 0 Å². The average molecular weight is 278 g/mol. The van der Waals surface area contributed by atoms with Crippen LogP contribution in [0.15, 0.2) is 48.5 Å². The first-order valence-corrected chi connectivity index (χ1v) is 6.44. The molecule has 100 valence electrons. The molecule has 19 heavy (non-hydrogen) atoms. The summed E-state index contributed by atoms with van der Waals surface area (Å²) in [7, 11) is 0. The number of rotatable bonds is 5. The quantitative estimate of drug-likeness (QED) is 0.902. The highest BCUT2D eigenvalue weighted by molar-refractivity contribution is 6.30. The van der Waals surface area contributed by atoms with Crippen LogP contribution in [0.25, 0.3) is 0 Å². The van der Waals surface area contributed by atoms with Gasteiger partial charge >= 0.3 is 0 Å². The maximum Gasteiger partial charge on any atom is 0.169 e. The summed E-state index contributed by atoms with van der Waals surface area (Å²) < 4.78 is 11.4. The van der Waals surface area contributed by atoms with E-state index in [1.807, 2.05) is 43.3 Å². The predicted octanol–water partition coefficient (Wildman–Crippen LogP) is 3.86. The summed E-state index contributed by atoms with van der Waals surface area (Å²) in [5, 5.41) is 0.631. The summed E-state index contributed by atoms with van der Waals surface area (Å²) in [6.07, 6.45) is 0. The maximum atomic E-state index is 5.93. The number of benzene rings is 2. The zero-order valence-corrected chi connectivity index (χ0v) is 11.4. The molecule has 0 fully saturated rings. The molecule has 3 nitrogen and oxygen atoms in total. The molecule has 2 N–H and O–H groups in total. The third kappa shape index (κ3) is 4.16. The minimum atomic E-state index is -0.0285. The zero-order valence-electron chi connectivity index (χ0n) is 10.7. The molecule has 0 spiro atoms. The Bertz CT molecular complexity index is 543. The molecule has 0 heterocycles. The van der Waals surface area contributed by atoms with Crippen LogP contribution in [0.2, 0.25) is 5.02 Å². The Balaban J connectivity index is 2.15. The van der Waals surface area contributed by atoms with Crippen LogP contribution in [0.3, 0.4) is 0 Å². The first kappa shape index (κ1) is 13.7. The predicted molar refractivity (Wildman–Crippen MR) is 77.1 cm³/mol. The zero-order chi connectivity index (χ0) is 13.7. The van der Waals surface area contributed by atoms with Crippen molar-refractivity contribution in [1.82, 2.24) is 0 Å². The topological polar surface area (TPSA) is 44.5 Å². The van der Waals surface area contributed by atoms with Gasteiger partial charge < -0.3 is 15.2 Å². The van der Waals surface area contributed by atoms with E-state index in [9.17, 15) is 0 Å². The van der Waals surface area contributed by atoms with Crippen molar-refractivity contribution in [3.05, 3.63) is 53.6 Å². The molecule has 0 aliphatic rings. The minimum Gasteiger partial charge on any atom is -0.488 e. The summed E-state index contributed by atoms with van der Waals surface area (Å²) >= 11 is 5.93. The maximum absolute atomic E-state index is 5.93. The highest BCUT2D eigenvalue weighted by Gasteiger charge is 2.06. The van der Waals surface area contributed by atoms with Gasteiger partial charge in [0, 0.05) is 11.1 Å². The molecule has 0 aliphatic heterocycles. The van der Waals surface area contributed by atoms with E-state index in [2.05, 4.69) is 0 Å². The second kappa shape index (κ2) is 6.45. The van der Waals surface area contributed by atoms with Gasteiger partial charge in [0.15, 0.2) is 11.5 Å². The third-order valence-electron chi connectivity index (χ3n) is 2.37. The fourth-order valence-electron chi connectivity index (χ4n) is 1.53. The van der Waals surface area contributed by atoms with E-state index in [1.54, 1.807) is 12.1 Å². The second-order valence-corrected chi connectivity index (χ2v) is 4.73. The molecule has 0 aromatic heterocycles. The van der Waals surface area contributed by atoms with E-state index in [-0.39, 0.29) is 6.04 Å². The number of nitrogens with two attached hydrogens (primary N) is 1. The Morgan fingerprint density at radius 1 is 1.11 bits per heavy atom. The van der Waals surface area contributed by atoms with Crippen molar-refractivity contribution in [2.75, 3.05) is 6.61 Å². The van der Waals surface area contributed by atoms with Crippen molar-refractivity contribution >= 4 is 11.6 Å². The molecule has 0 unspecified atom stereocenters. The molecule has 0 radical (unpaired) electrons. The van der Waals surface area contributed by atoms with Crippen molar-refractivity contribution in [2.45, 2.75) is 13.0 Å². The summed E-state index contributed by atoms with van der Waals surface area (Å²) in [6.45, 7) is 2.33. The van der Waals surface area contributed by atoms with Crippen LogP contribution in [-0.4, -0.2) is 12.6 Å². The van der Waals surface area contributed by atoms with E-state index in [4.69, 9.17) is 26.8 Å². The van der Waals surface area contributed by atoms with Gasteiger partial charge in [-0.1, -0.05) is 29.8 Å². The van der Waals surface area contributed by atoms with Gasteiger partial charge in [-0.2, -0.15) is 0 Å². The first-order valence-electron chi connectivity index (χ1n) is 6.06. The normalized spacial score (nSPS) is 11.9. The smallest absolute Gasteiger partial charge is 0.169 e. The minimum absolute atomic E-state index is 0.0285. The SMILES string of the molecule is C[C@@H](N)COc1ccccc1Oc1cccc(Cl)c1. The first-order chi connectivity index (χ1) is 9.15. The molecule has 0 amide bonds. The Morgan fingerprint density at radius 3 is 2.53 bits per heavy atom. The third-order valence-corrected chi connectivity index (χ3v) is 2.61. The summed E-state index contributed by atoms with van der Waals surface area (Å²) in [4.78, 5) is 0. The standard InChI is InChI=1S/C15H16ClNO2/c1-11(17)10-18-14-7-2-3-8-15(14)19-13-6-4-5-12(16)9-13/h2-9,11H,10,17H2,1H3/t11-/m1/s1. The molecule has 2 aromatic rings. The van der Waals surface area contributed by atoms with Gasteiger partial charge in [-0.05, 0) is 37.3 Å². The van der Waals surface area contributed by atoms with E-state index < -0.39 is 0 Å². The van der Waals surface area contributed by atoms with E-state index in [0.29, 0.717) is 28.9 Å². The highest BCUT2D eigenvalue weighted by Crippen LogP contribution is 2.32. The lowest BCUT2D eigenvalue weighted by atomic mass is 10.3. The molecule has 1 atom stereocenters. The van der Waals surface area contributed by atoms with Crippen LogP contribution in [0.4, 0.5) is 0 Å². The molecule has 2 rings (SSSR count). The molecule has 0 bridgehead atoms. The van der Waals surface area contributed by atoms with Gasteiger partial charge in [0.2, 0.25) is 0 Å². The van der Waals surface area contributed by atoms with Crippen LogP contribution in [0.5, 0.6) is 17.2 Å². The van der Waals surface area contributed by atoms with Crippen LogP contribution < -0.4 is 15.2 Å². The monoisotopic (exact) mass is 277 g/mol. The lowest BCUT2D eigenvalue weighted by Gasteiger charge is -2.13. The van der Waals surface area contributed by atoms with Crippen molar-refractivity contribution in [2.24, 2.45) is 5.73 Å². The van der Waals surface area contributed by atoms with Crippen LogP contribution in [0, 0.1) is 0 Å². The lowest BCUT2D eigenvalue weighted by Crippen LogP contribution is -2.23. The van der Waals surface area contributed by atoms with Gasteiger partial charge in [-0.3, -0.25) is 0 Å². The molecule has 2 aromatic carbocycles. The van der Waals surface area contributed by atoms with E-state index >= 15 is 0 Å². The lowest BCUT2D eigenvalue weighted by molar-refractivity contribution is 0.284. The number of ether oxygens (including phenoxy) is 2. The van der Waals surface area contributed by atoms with Gasteiger partial charge in [0.25, 0.3) is 0 Å². The molecule has 4 heteroatoms. The van der Waals surface area contributed by atoms with Gasteiger partial charge in [0.05, 0.1) is 0 Å². The van der Waals surface area contributed by atoms with Gasteiger partial charge in [0.1, 0.15) is 12.4 Å².